The summed E-state index contributed by atoms with van der Waals surface area (Å²) in [5.74, 6) is 0.937. The highest BCUT2D eigenvalue weighted by atomic mass is 35.5. The molecule has 0 amide bonds. The van der Waals surface area contributed by atoms with Gasteiger partial charge >= 0.3 is 0 Å². The van der Waals surface area contributed by atoms with Gasteiger partial charge in [-0.25, -0.2) is 4.98 Å². The first-order valence-corrected chi connectivity index (χ1v) is 7.34. The maximum Gasteiger partial charge on any atom is 0.103 e. The van der Waals surface area contributed by atoms with Crippen LogP contribution in [0, 0.1) is 0 Å². The van der Waals surface area contributed by atoms with Gasteiger partial charge in [-0.2, -0.15) is 0 Å². The molecule has 1 heterocycles. The Labute approximate surface area is 109 Å². The lowest BCUT2D eigenvalue weighted by Gasteiger charge is -1.98. The minimum atomic E-state index is 0.784. The molecule has 0 saturated carbocycles. The third-order valence-corrected chi connectivity index (χ3v) is 4.49. The van der Waals surface area contributed by atoms with Crippen molar-refractivity contribution >= 4 is 34.7 Å². The molecular formula is C12H12ClNS2. The molecule has 0 spiro atoms. The zero-order valence-corrected chi connectivity index (χ0v) is 11.3. The van der Waals surface area contributed by atoms with Gasteiger partial charge in [0.1, 0.15) is 5.01 Å². The van der Waals surface area contributed by atoms with Gasteiger partial charge < -0.3 is 0 Å². The van der Waals surface area contributed by atoms with Crippen LogP contribution in [0.25, 0.3) is 0 Å². The van der Waals surface area contributed by atoms with Gasteiger partial charge in [0.05, 0.1) is 11.4 Å². The van der Waals surface area contributed by atoms with Crippen LogP contribution in [0.4, 0.5) is 0 Å². The van der Waals surface area contributed by atoms with E-state index in [1.807, 2.05) is 24.3 Å². The van der Waals surface area contributed by atoms with Crippen LogP contribution >= 0.6 is 34.7 Å². The lowest BCUT2D eigenvalue weighted by molar-refractivity contribution is 1.04. The van der Waals surface area contributed by atoms with Gasteiger partial charge in [0.15, 0.2) is 0 Å². The quantitative estimate of drug-likeness (QED) is 0.750. The van der Waals surface area contributed by atoms with E-state index in [1.165, 1.54) is 15.6 Å². The average Bonchev–Trinajstić information content (AvgIpc) is 2.76. The second kappa shape index (κ2) is 5.71. The van der Waals surface area contributed by atoms with Crippen LogP contribution in [0.2, 0.25) is 5.02 Å². The van der Waals surface area contributed by atoms with Crippen molar-refractivity contribution in [3.63, 3.8) is 0 Å². The maximum absolute atomic E-state index is 5.83. The molecule has 0 saturated heterocycles. The first-order valence-electron chi connectivity index (χ1n) is 5.09. The first kappa shape index (κ1) is 12.0. The summed E-state index contributed by atoms with van der Waals surface area (Å²) in [7, 11) is 0. The molecule has 2 rings (SSSR count). The van der Waals surface area contributed by atoms with Crippen LogP contribution in [0.5, 0.6) is 0 Å². The van der Waals surface area contributed by atoms with Gasteiger partial charge in [0, 0.05) is 15.3 Å². The van der Waals surface area contributed by atoms with E-state index in [1.54, 1.807) is 23.1 Å². The third kappa shape index (κ3) is 3.24. The molecule has 1 aromatic heterocycles. The molecule has 4 heteroatoms. The number of benzene rings is 1. The van der Waals surface area contributed by atoms with Crippen LogP contribution in [0.1, 0.15) is 17.6 Å². The molecule has 0 aliphatic carbocycles. The molecule has 1 aromatic carbocycles. The summed E-state index contributed by atoms with van der Waals surface area (Å²) in [5.41, 5.74) is 1.19. The number of aryl methyl sites for hydroxylation is 1. The van der Waals surface area contributed by atoms with Gasteiger partial charge in [-0.15, -0.1) is 23.1 Å². The summed E-state index contributed by atoms with van der Waals surface area (Å²) in [6.45, 7) is 2.13. The monoisotopic (exact) mass is 269 g/mol. The van der Waals surface area contributed by atoms with Gasteiger partial charge in [-0.3, -0.25) is 0 Å². The minimum Gasteiger partial charge on any atom is -0.245 e. The SMILES string of the molecule is CCc1csc(CSc2ccc(Cl)cc2)n1. The van der Waals surface area contributed by atoms with Crippen molar-refractivity contribution in [2.45, 2.75) is 24.0 Å². The smallest absolute Gasteiger partial charge is 0.103 e. The normalized spacial score (nSPS) is 10.6. The van der Waals surface area contributed by atoms with Crippen LogP contribution in [0.3, 0.4) is 0 Å². The summed E-state index contributed by atoms with van der Waals surface area (Å²) in [6, 6.07) is 7.93. The van der Waals surface area contributed by atoms with E-state index in [0.29, 0.717) is 0 Å². The number of rotatable bonds is 4. The zero-order chi connectivity index (χ0) is 11.4. The van der Waals surface area contributed by atoms with Gasteiger partial charge in [0.2, 0.25) is 0 Å². The number of thioether (sulfide) groups is 1. The predicted molar refractivity (Wildman–Crippen MR) is 72.5 cm³/mol. The molecule has 0 bridgehead atoms. The van der Waals surface area contributed by atoms with Crippen LogP contribution in [0.15, 0.2) is 34.5 Å². The lowest BCUT2D eigenvalue weighted by atomic mass is 10.4. The second-order valence-corrected chi connectivity index (χ2v) is 5.76. The van der Waals surface area contributed by atoms with Crippen LogP contribution < -0.4 is 0 Å². The number of thiazole rings is 1. The van der Waals surface area contributed by atoms with E-state index in [9.17, 15) is 0 Å². The Morgan fingerprint density at radius 2 is 2.06 bits per heavy atom. The molecule has 0 radical (unpaired) electrons. The lowest BCUT2D eigenvalue weighted by Crippen LogP contribution is -1.82. The fraction of sp³-hybridized carbons (Fsp3) is 0.250. The largest absolute Gasteiger partial charge is 0.245 e. The minimum absolute atomic E-state index is 0.784. The molecule has 1 nitrogen and oxygen atoms in total. The van der Waals surface area contributed by atoms with Crippen molar-refractivity contribution in [2.75, 3.05) is 0 Å². The second-order valence-electron chi connectivity index (χ2n) is 3.33. The Bertz CT molecular complexity index is 450. The fourth-order valence-corrected chi connectivity index (χ4v) is 3.17. The molecular weight excluding hydrogens is 258 g/mol. The van der Waals surface area contributed by atoms with Gasteiger partial charge in [-0.1, -0.05) is 18.5 Å². The standard InChI is InChI=1S/C12H12ClNS2/c1-2-10-7-16-12(14-10)8-15-11-5-3-9(13)4-6-11/h3-7H,2,8H2,1H3. The number of aromatic nitrogens is 1. The van der Waals surface area contributed by atoms with E-state index in [0.717, 1.165) is 17.2 Å². The fourth-order valence-electron chi connectivity index (χ4n) is 1.25. The third-order valence-electron chi connectivity index (χ3n) is 2.14. The predicted octanol–water partition coefficient (Wildman–Crippen LogP) is 4.65. The molecule has 0 fully saturated rings. The summed E-state index contributed by atoms with van der Waals surface area (Å²) in [4.78, 5) is 5.77. The van der Waals surface area contributed by atoms with Crippen molar-refractivity contribution in [1.82, 2.24) is 4.98 Å². The maximum atomic E-state index is 5.83. The first-order chi connectivity index (χ1) is 7.78. The summed E-state index contributed by atoms with van der Waals surface area (Å²) in [6.07, 6.45) is 1.02. The van der Waals surface area contributed by atoms with E-state index in [2.05, 4.69) is 17.3 Å². The Morgan fingerprint density at radius 3 is 2.69 bits per heavy atom. The van der Waals surface area contributed by atoms with Crippen molar-refractivity contribution < 1.29 is 0 Å². The molecule has 0 N–H and O–H groups in total. The molecule has 2 aromatic rings. The van der Waals surface area contributed by atoms with E-state index in [4.69, 9.17) is 11.6 Å². The number of hydrogen-bond acceptors (Lipinski definition) is 3. The van der Waals surface area contributed by atoms with Crippen LogP contribution in [-0.2, 0) is 12.2 Å². The summed E-state index contributed by atoms with van der Waals surface area (Å²) < 4.78 is 0. The van der Waals surface area contributed by atoms with Crippen molar-refractivity contribution in [3.05, 3.63) is 45.4 Å². The molecule has 84 valence electrons. The van der Waals surface area contributed by atoms with Gasteiger partial charge in [0.25, 0.3) is 0 Å². The molecule has 0 unspecified atom stereocenters. The Balaban J connectivity index is 1.94. The zero-order valence-electron chi connectivity index (χ0n) is 8.94. The van der Waals surface area contributed by atoms with Gasteiger partial charge in [-0.05, 0) is 30.7 Å². The van der Waals surface area contributed by atoms with Crippen molar-refractivity contribution in [3.8, 4) is 0 Å². The molecule has 0 aliphatic heterocycles. The Kier molecular flexibility index (Phi) is 4.27. The topological polar surface area (TPSA) is 12.9 Å². The molecule has 0 aliphatic rings. The highest BCUT2D eigenvalue weighted by molar-refractivity contribution is 7.98. The number of halogens is 1. The highest BCUT2D eigenvalue weighted by Crippen LogP contribution is 2.25. The molecule has 0 atom stereocenters. The Morgan fingerprint density at radius 1 is 1.31 bits per heavy atom. The van der Waals surface area contributed by atoms with Crippen molar-refractivity contribution in [2.24, 2.45) is 0 Å². The number of nitrogens with zero attached hydrogens (tertiary/aromatic N) is 1. The van der Waals surface area contributed by atoms with E-state index >= 15 is 0 Å². The molecule has 16 heavy (non-hydrogen) atoms. The van der Waals surface area contributed by atoms with E-state index in [-0.39, 0.29) is 0 Å². The van der Waals surface area contributed by atoms with E-state index < -0.39 is 0 Å². The summed E-state index contributed by atoms with van der Waals surface area (Å²) >= 11 is 9.37. The van der Waals surface area contributed by atoms with Crippen LogP contribution in [-0.4, -0.2) is 4.98 Å². The number of hydrogen-bond donors (Lipinski definition) is 0. The highest BCUT2D eigenvalue weighted by Gasteiger charge is 2.01. The Hall–Kier alpha value is -0.510. The average molecular weight is 270 g/mol. The van der Waals surface area contributed by atoms with Crippen molar-refractivity contribution in [1.29, 1.82) is 0 Å². The summed E-state index contributed by atoms with van der Waals surface area (Å²) in [5, 5.41) is 4.11.